The van der Waals surface area contributed by atoms with E-state index in [2.05, 4.69) is 0 Å². The van der Waals surface area contributed by atoms with Crippen molar-refractivity contribution in [2.75, 3.05) is 0 Å². The molecule has 0 aromatic carbocycles. The summed E-state index contributed by atoms with van der Waals surface area (Å²) in [5.74, 6) is 1.33. The molecule has 0 saturated heterocycles. The van der Waals surface area contributed by atoms with Crippen molar-refractivity contribution >= 4 is 0 Å². The molecule has 0 amide bonds. The fourth-order valence-corrected chi connectivity index (χ4v) is 2.64. The monoisotopic (exact) mass is 168 g/mol. The minimum Gasteiger partial charge on any atom is -0.393 e. The van der Waals surface area contributed by atoms with Gasteiger partial charge in [0, 0.05) is 0 Å². The van der Waals surface area contributed by atoms with Crippen LogP contribution in [0.3, 0.4) is 0 Å². The van der Waals surface area contributed by atoms with Gasteiger partial charge in [0.1, 0.15) is 0 Å². The number of aliphatic hydroxyl groups is 1. The van der Waals surface area contributed by atoms with E-state index in [0.29, 0.717) is 11.8 Å². The Bertz CT molecular complexity index is 134. The van der Waals surface area contributed by atoms with E-state index in [1.165, 1.54) is 51.4 Å². The van der Waals surface area contributed by atoms with Gasteiger partial charge < -0.3 is 5.11 Å². The van der Waals surface area contributed by atoms with Crippen LogP contribution in [0.5, 0.6) is 0 Å². The molecule has 2 saturated carbocycles. The Morgan fingerprint density at radius 2 is 1.25 bits per heavy atom. The van der Waals surface area contributed by atoms with E-state index in [0.717, 1.165) is 0 Å². The maximum atomic E-state index is 9.99. The van der Waals surface area contributed by atoms with Gasteiger partial charge in [-0.3, -0.25) is 0 Å². The highest BCUT2D eigenvalue weighted by Crippen LogP contribution is 2.37. The molecular weight excluding hydrogens is 148 g/mol. The van der Waals surface area contributed by atoms with Crippen LogP contribution in [-0.4, -0.2) is 11.2 Å². The van der Waals surface area contributed by atoms with E-state index >= 15 is 0 Å². The molecule has 0 radical (unpaired) electrons. The Labute approximate surface area is 75.2 Å². The summed E-state index contributed by atoms with van der Waals surface area (Å²) in [7, 11) is 0. The second-order valence-corrected chi connectivity index (χ2v) is 4.58. The second kappa shape index (κ2) is 3.78. The van der Waals surface area contributed by atoms with Gasteiger partial charge in [-0.25, -0.2) is 0 Å². The first kappa shape index (κ1) is 8.55. The molecule has 0 spiro atoms. The highest BCUT2D eigenvalue weighted by molar-refractivity contribution is 4.83. The van der Waals surface area contributed by atoms with Crippen molar-refractivity contribution in [3.63, 3.8) is 0 Å². The molecule has 2 aliphatic rings. The summed E-state index contributed by atoms with van der Waals surface area (Å²) >= 11 is 0. The third-order valence-corrected chi connectivity index (χ3v) is 3.77. The van der Waals surface area contributed by atoms with Crippen molar-refractivity contribution in [2.45, 2.75) is 57.5 Å². The SMILES string of the molecule is OC(C1CCCCC1)C1CCC1. The molecule has 0 heterocycles. The lowest BCUT2D eigenvalue weighted by Gasteiger charge is -2.36. The van der Waals surface area contributed by atoms with Crippen LogP contribution in [0, 0.1) is 11.8 Å². The summed E-state index contributed by atoms with van der Waals surface area (Å²) < 4.78 is 0. The van der Waals surface area contributed by atoms with Crippen molar-refractivity contribution in [3.8, 4) is 0 Å². The Balaban J connectivity index is 1.80. The van der Waals surface area contributed by atoms with Crippen LogP contribution in [0.25, 0.3) is 0 Å². The lowest BCUT2D eigenvalue weighted by atomic mass is 9.73. The predicted molar refractivity (Wildman–Crippen MR) is 49.9 cm³/mol. The van der Waals surface area contributed by atoms with Gasteiger partial charge in [0.2, 0.25) is 0 Å². The average Bonchev–Trinajstić information content (AvgIpc) is 2.03. The van der Waals surface area contributed by atoms with Gasteiger partial charge in [-0.2, -0.15) is 0 Å². The zero-order chi connectivity index (χ0) is 8.39. The Kier molecular flexibility index (Phi) is 2.69. The molecular formula is C11H20O. The van der Waals surface area contributed by atoms with Gasteiger partial charge in [-0.1, -0.05) is 25.7 Å². The molecule has 12 heavy (non-hydrogen) atoms. The Morgan fingerprint density at radius 3 is 1.67 bits per heavy atom. The van der Waals surface area contributed by atoms with Gasteiger partial charge in [-0.05, 0) is 37.5 Å². The summed E-state index contributed by atoms with van der Waals surface area (Å²) in [6, 6.07) is 0. The minimum atomic E-state index is 0.0547. The first-order valence-corrected chi connectivity index (χ1v) is 5.56. The van der Waals surface area contributed by atoms with Gasteiger partial charge in [0.25, 0.3) is 0 Å². The van der Waals surface area contributed by atoms with E-state index in [1.807, 2.05) is 0 Å². The molecule has 0 aromatic rings. The highest BCUT2D eigenvalue weighted by atomic mass is 16.3. The Hall–Kier alpha value is -0.0400. The minimum absolute atomic E-state index is 0.0547. The summed E-state index contributed by atoms with van der Waals surface area (Å²) in [4.78, 5) is 0. The number of rotatable bonds is 2. The van der Waals surface area contributed by atoms with Crippen LogP contribution in [-0.2, 0) is 0 Å². The zero-order valence-electron chi connectivity index (χ0n) is 7.84. The van der Waals surface area contributed by atoms with E-state index < -0.39 is 0 Å². The van der Waals surface area contributed by atoms with Gasteiger partial charge in [0.05, 0.1) is 6.10 Å². The van der Waals surface area contributed by atoms with Crippen LogP contribution in [0.1, 0.15) is 51.4 Å². The van der Waals surface area contributed by atoms with Crippen molar-refractivity contribution in [3.05, 3.63) is 0 Å². The first-order valence-electron chi connectivity index (χ1n) is 5.56. The van der Waals surface area contributed by atoms with Crippen molar-refractivity contribution < 1.29 is 5.11 Å². The number of hydrogen-bond acceptors (Lipinski definition) is 1. The lowest BCUT2D eigenvalue weighted by molar-refractivity contribution is 0.00179. The molecule has 0 aromatic heterocycles. The lowest BCUT2D eigenvalue weighted by Crippen LogP contribution is -2.34. The van der Waals surface area contributed by atoms with E-state index in [4.69, 9.17) is 0 Å². The van der Waals surface area contributed by atoms with Crippen LogP contribution in [0.15, 0.2) is 0 Å². The van der Waals surface area contributed by atoms with Crippen molar-refractivity contribution in [1.29, 1.82) is 0 Å². The molecule has 2 rings (SSSR count). The maximum Gasteiger partial charge on any atom is 0.0596 e. The zero-order valence-corrected chi connectivity index (χ0v) is 7.84. The Morgan fingerprint density at radius 1 is 0.750 bits per heavy atom. The molecule has 1 atom stereocenters. The molecule has 0 bridgehead atoms. The van der Waals surface area contributed by atoms with Crippen molar-refractivity contribution in [2.24, 2.45) is 11.8 Å². The van der Waals surface area contributed by atoms with E-state index in [1.54, 1.807) is 0 Å². The largest absolute Gasteiger partial charge is 0.393 e. The smallest absolute Gasteiger partial charge is 0.0596 e. The van der Waals surface area contributed by atoms with Crippen LogP contribution in [0.2, 0.25) is 0 Å². The van der Waals surface area contributed by atoms with Crippen molar-refractivity contribution in [1.82, 2.24) is 0 Å². The first-order chi connectivity index (χ1) is 5.88. The molecule has 2 aliphatic carbocycles. The van der Waals surface area contributed by atoms with E-state index in [-0.39, 0.29) is 6.10 Å². The molecule has 1 nitrogen and oxygen atoms in total. The predicted octanol–water partition coefficient (Wildman–Crippen LogP) is 2.73. The maximum absolute atomic E-state index is 9.99. The second-order valence-electron chi connectivity index (χ2n) is 4.58. The van der Waals surface area contributed by atoms with E-state index in [9.17, 15) is 5.11 Å². The quantitative estimate of drug-likeness (QED) is 0.672. The van der Waals surface area contributed by atoms with Gasteiger partial charge >= 0.3 is 0 Å². The fraction of sp³-hybridized carbons (Fsp3) is 1.00. The normalized spacial score (nSPS) is 29.8. The highest BCUT2D eigenvalue weighted by Gasteiger charge is 2.31. The fourth-order valence-electron chi connectivity index (χ4n) is 2.64. The third-order valence-electron chi connectivity index (χ3n) is 3.77. The molecule has 1 unspecified atom stereocenters. The summed E-state index contributed by atoms with van der Waals surface area (Å²) in [5.41, 5.74) is 0. The third kappa shape index (κ3) is 1.66. The van der Waals surface area contributed by atoms with Gasteiger partial charge in [-0.15, -0.1) is 0 Å². The molecule has 0 aliphatic heterocycles. The summed E-state index contributed by atoms with van der Waals surface area (Å²) in [6.45, 7) is 0. The topological polar surface area (TPSA) is 20.2 Å². The van der Waals surface area contributed by atoms with Crippen LogP contribution >= 0.6 is 0 Å². The molecule has 1 heteroatoms. The number of hydrogen-bond donors (Lipinski definition) is 1. The van der Waals surface area contributed by atoms with Crippen LogP contribution < -0.4 is 0 Å². The van der Waals surface area contributed by atoms with Gasteiger partial charge in [0.15, 0.2) is 0 Å². The summed E-state index contributed by atoms with van der Waals surface area (Å²) in [6.07, 6.45) is 10.7. The molecule has 1 N–H and O–H groups in total. The molecule has 70 valence electrons. The van der Waals surface area contributed by atoms with Crippen LogP contribution in [0.4, 0.5) is 0 Å². The standard InChI is InChI=1S/C11H20O/c12-11(10-7-4-8-10)9-5-2-1-3-6-9/h9-12H,1-8H2. The average molecular weight is 168 g/mol. The summed E-state index contributed by atoms with van der Waals surface area (Å²) in [5, 5.41) is 9.99. The molecule has 2 fully saturated rings. The number of aliphatic hydroxyl groups excluding tert-OH is 1.